The Balaban J connectivity index is 2.26. The van der Waals surface area contributed by atoms with E-state index in [9.17, 15) is 14.4 Å². The summed E-state index contributed by atoms with van der Waals surface area (Å²) < 4.78 is 1.45. The number of aromatic nitrogens is 3. The first-order chi connectivity index (χ1) is 13.3. The van der Waals surface area contributed by atoms with Crippen LogP contribution in [0.3, 0.4) is 0 Å². The van der Waals surface area contributed by atoms with Gasteiger partial charge in [0.2, 0.25) is 11.8 Å². The summed E-state index contributed by atoms with van der Waals surface area (Å²) in [5.41, 5.74) is 0.861. The molecule has 0 aliphatic rings. The van der Waals surface area contributed by atoms with E-state index >= 15 is 0 Å². The molecule has 8 nitrogen and oxygen atoms in total. The van der Waals surface area contributed by atoms with Crippen molar-refractivity contribution in [2.75, 3.05) is 5.32 Å². The summed E-state index contributed by atoms with van der Waals surface area (Å²) in [6.07, 6.45) is 0.517. The number of nitrogens with one attached hydrogen (secondary N) is 2. The van der Waals surface area contributed by atoms with Gasteiger partial charge in [0.1, 0.15) is 0 Å². The summed E-state index contributed by atoms with van der Waals surface area (Å²) >= 11 is 0. The average molecular weight is 385 g/mol. The highest BCUT2D eigenvalue weighted by Crippen LogP contribution is 2.16. The number of benzene rings is 1. The lowest BCUT2D eigenvalue weighted by molar-refractivity contribution is -0.120. The van der Waals surface area contributed by atoms with Crippen molar-refractivity contribution in [1.82, 2.24) is 20.3 Å². The van der Waals surface area contributed by atoms with Crippen LogP contribution < -0.4 is 10.6 Å². The van der Waals surface area contributed by atoms with Crippen molar-refractivity contribution in [3.63, 3.8) is 0 Å². The molecule has 2 N–H and O–H groups in total. The second kappa shape index (κ2) is 9.77. The van der Waals surface area contributed by atoms with Gasteiger partial charge in [-0.2, -0.15) is 0 Å². The van der Waals surface area contributed by atoms with Crippen LogP contribution in [0.2, 0.25) is 0 Å². The van der Waals surface area contributed by atoms with Crippen LogP contribution in [0, 0.1) is 11.8 Å². The highest BCUT2D eigenvalue weighted by atomic mass is 16.2. The third kappa shape index (κ3) is 6.29. The first-order valence-electron chi connectivity index (χ1n) is 9.37. The molecule has 1 heterocycles. The zero-order chi connectivity index (χ0) is 20.7. The molecule has 0 saturated carbocycles. The number of rotatable bonds is 8. The smallest absolute Gasteiger partial charge is 0.282 e. The molecule has 1 aromatic carbocycles. The maximum Gasteiger partial charge on any atom is 0.282 e. The summed E-state index contributed by atoms with van der Waals surface area (Å²) in [7, 11) is 0. The fourth-order valence-electron chi connectivity index (χ4n) is 2.62. The first kappa shape index (κ1) is 21.3. The standard InChI is InChI=1S/C20H27N5O3/c1-13(2)10-16(26)21-19-18(20(28)22-17(27)11-14(3)4)23-24-25(19)12-15-8-6-5-7-9-15/h5-9,13-14H,10-12H2,1-4H3,(H,21,26)(H,22,27,28). The van der Waals surface area contributed by atoms with Crippen molar-refractivity contribution in [1.29, 1.82) is 0 Å². The molecule has 150 valence electrons. The summed E-state index contributed by atoms with van der Waals surface area (Å²) in [6.45, 7) is 7.96. The van der Waals surface area contributed by atoms with Crippen molar-refractivity contribution in [3.8, 4) is 0 Å². The van der Waals surface area contributed by atoms with Gasteiger partial charge in [-0.1, -0.05) is 63.2 Å². The van der Waals surface area contributed by atoms with Gasteiger partial charge in [0.25, 0.3) is 5.91 Å². The van der Waals surface area contributed by atoms with Gasteiger partial charge in [0.05, 0.1) is 6.54 Å². The minimum absolute atomic E-state index is 0.0786. The van der Waals surface area contributed by atoms with Crippen molar-refractivity contribution in [2.45, 2.75) is 47.1 Å². The first-order valence-corrected chi connectivity index (χ1v) is 9.37. The lowest BCUT2D eigenvalue weighted by atomic mass is 10.1. The number of nitrogens with zero attached hydrogens (tertiary/aromatic N) is 3. The molecule has 3 amide bonds. The van der Waals surface area contributed by atoms with Crippen LogP contribution in [0.25, 0.3) is 0 Å². The second-order valence-corrected chi connectivity index (χ2v) is 7.55. The Kier molecular flexibility index (Phi) is 7.43. The molecule has 2 rings (SSSR count). The molecule has 0 unspecified atom stereocenters. The molecule has 0 aliphatic carbocycles. The third-order valence-corrected chi connectivity index (χ3v) is 3.82. The minimum atomic E-state index is -0.676. The highest BCUT2D eigenvalue weighted by Gasteiger charge is 2.23. The predicted molar refractivity (Wildman–Crippen MR) is 106 cm³/mol. The molecule has 0 radical (unpaired) electrons. The molecule has 0 fully saturated rings. The zero-order valence-corrected chi connectivity index (χ0v) is 16.7. The van der Waals surface area contributed by atoms with E-state index in [1.165, 1.54) is 4.68 Å². The van der Waals surface area contributed by atoms with E-state index in [2.05, 4.69) is 20.9 Å². The van der Waals surface area contributed by atoms with Gasteiger partial charge in [0, 0.05) is 12.8 Å². The fraction of sp³-hybridized carbons (Fsp3) is 0.450. The summed E-state index contributed by atoms with van der Waals surface area (Å²) in [6, 6.07) is 9.50. The number of amides is 3. The monoisotopic (exact) mass is 385 g/mol. The number of carbonyl (C=O) groups is 3. The second-order valence-electron chi connectivity index (χ2n) is 7.55. The Hall–Kier alpha value is -3.03. The van der Waals surface area contributed by atoms with Gasteiger partial charge < -0.3 is 5.32 Å². The Bertz CT molecular complexity index is 828. The third-order valence-electron chi connectivity index (χ3n) is 3.82. The van der Waals surface area contributed by atoms with E-state index in [0.717, 1.165) is 5.56 Å². The molecule has 28 heavy (non-hydrogen) atoms. The van der Waals surface area contributed by atoms with Crippen LogP contribution in [-0.2, 0) is 16.1 Å². The van der Waals surface area contributed by atoms with Gasteiger partial charge in [-0.15, -0.1) is 5.10 Å². The average Bonchev–Trinajstić information content (AvgIpc) is 2.96. The van der Waals surface area contributed by atoms with E-state index in [-0.39, 0.29) is 35.7 Å². The van der Waals surface area contributed by atoms with Crippen molar-refractivity contribution >= 4 is 23.5 Å². The number of carbonyl (C=O) groups excluding carboxylic acids is 3. The number of anilines is 1. The Morgan fingerprint density at radius 1 is 0.964 bits per heavy atom. The van der Waals surface area contributed by atoms with Crippen LogP contribution in [-0.4, -0.2) is 32.7 Å². The SMILES string of the molecule is CC(C)CC(=O)NC(=O)c1nnn(Cc2ccccc2)c1NC(=O)CC(C)C. The van der Waals surface area contributed by atoms with E-state index in [4.69, 9.17) is 0 Å². The maximum absolute atomic E-state index is 12.5. The Labute approximate surface area is 164 Å². The van der Waals surface area contributed by atoms with Gasteiger partial charge in [0.15, 0.2) is 11.5 Å². The lowest BCUT2D eigenvalue weighted by Gasteiger charge is -2.11. The molecule has 1 aromatic heterocycles. The van der Waals surface area contributed by atoms with E-state index in [1.54, 1.807) is 0 Å². The summed E-state index contributed by atoms with van der Waals surface area (Å²) in [5.74, 6) is -0.851. The molecule has 0 saturated heterocycles. The minimum Gasteiger partial charge on any atom is -0.309 e. The molecular weight excluding hydrogens is 358 g/mol. The van der Waals surface area contributed by atoms with Crippen LogP contribution in [0.5, 0.6) is 0 Å². The number of imide groups is 1. The van der Waals surface area contributed by atoms with Crippen LogP contribution in [0.1, 0.15) is 56.6 Å². The predicted octanol–water partition coefficient (Wildman–Crippen LogP) is 2.61. The van der Waals surface area contributed by atoms with Crippen LogP contribution in [0.4, 0.5) is 5.82 Å². The zero-order valence-electron chi connectivity index (χ0n) is 16.7. The van der Waals surface area contributed by atoms with Gasteiger partial charge >= 0.3 is 0 Å². The lowest BCUT2D eigenvalue weighted by Crippen LogP contribution is -2.32. The van der Waals surface area contributed by atoms with E-state index in [1.807, 2.05) is 58.0 Å². The highest BCUT2D eigenvalue weighted by molar-refractivity contribution is 6.07. The largest absolute Gasteiger partial charge is 0.309 e. The normalized spacial score (nSPS) is 10.9. The Morgan fingerprint density at radius 2 is 1.57 bits per heavy atom. The molecule has 2 aromatic rings. The fourth-order valence-corrected chi connectivity index (χ4v) is 2.62. The van der Waals surface area contributed by atoms with E-state index < -0.39 is 11.8 Å². The van der Waals surface area contributed by atoms with Crippen LogP contribution >= 0.6 is 0 Å². The maximum atomic E-state index is 12.5. The molecule has 0 atom stereocenters. The van der Waals surface area contributed by atoms with E-state index in [0.29, 0.717) is 13.0 Å². The molecule has 0 spiro atoms. The molecular formula is C20H27N5O3. The van der Waals surface area contributed by atoms with Crippen molar-refractivity contribution < 1.29 is 14.4 Å². The van der Waals surface area contributed by atoms with Gasteiger partial charge in [-0.05, 0) is 17.4 Å². The van der Waals surface area contributed by atoms with Gasteiger partial charge in [-0.3, -0.25) is 19.7 Å². The molecule has 0 bridgehead atoms. The topological polar surface area (TPSA) is 106 Å². The van der Waals surface area contributed by atoms with Crippen LogP contribution in [0.15, 0.2) is 30.3 Å². The van der Waals surface area contributed by atoms with Crippen molar-refractivity contribution in [3.05, 3.63) is 41.6 Å². The molecule has 8 heteroatoms. The molecule has 0 aliphatic heterocycles. The summed E-state index contributed by atoms with van der Waals surface area (Å²) in [4.78, 5) is 36.8. The number of hydrogen-bond acceptors (Lipinski definition) is 5. The summed E-state index contributed by atoms with van der Waals surface area (Å²) in [5, 5.41) is 13.0. The quantitative estimate of drug-likeness (QED) is 0.726. The van der Waals surface area contributed by atoms with Gasteiger partial charge in [-0.25, -0.2) is 4.68 Å². The number of hydrogen-bond donors (Lipinski definition) is 2. The van der Waals surface area contributed by atoms with Crippen molar-refractivity contribution in [2.24, 2.45) is 11.8 Å². The Morgan fingerprint density at radius 3 is 2.18 bits per heavy atom.